The van der Waals surface area contributed by atoms with Crippen LogP contribution in [0.3, 0.4) is 0 Å². The van der Waals surface area contributed by atoms with Crippen LogP contribution in [0.4, 0.5) is 51.2 Å². The summed E-state index contributed by atoms with van der Waals surface area (Å²) < 4.78 is 2.63. The summed E-state index contributed by atoms with van der Waals surface area (Å²) in [6.07, 6.45) is 1.03. The number of para-hydroxylation sites is 2. The third-order valence-electron chi connectivity index (χ3n) is 22.0. The van der Waals surface area contributed by atoms with E-state index in [4.69, 9.17) is 0 Å². The predicted molar refractivity (Wildman–Crippen MR) is 437 cm³/mol. The van der Waals surface area contributed by atoms with Crippen LogP contribution >= 0.6 is 11.3 Å². The van der Waals surface area contributed by atoms with Crippen molar-refractivity contribution < 1.29 is 0 Å². The van der Waals surface area contributed by atoms with Gasteiger partial charge in [0.25, 0.3) is 6.71 Å². The number of hydrogen-bond acceptors (Lipinski definition) is 4. The van der Waals surface area contributed by atoms with Crippen molar-refractivity contribution in [2.24, 2.45) is 0 Å². The second kappa shape index (κ2) is 23.9. The first-order valence-corrected chi connectivity index (χ1v) is 36.9. The molecule has 0 saturated carbocycles. The van der Waals surface area contributed by atoms with Gasteiger partial charge in [0.2, 0.25) is 0 Å². The Morgan fingerprint density at radius 1 is 0.330 bits per heavy atom. The van der Waals surface area contributed by atoms with Gasteiger partial charge >= 0.3 is 0 Å². The van der Waals surface area contributed by atoms with Crippen LogP contribution in [0.2, 0.25) is 0 Å². The van der Waals surface area contributed by atoms with E-state index in [1.807, 2.05) is 11.3 Å². The number of benzene rings is 13. The average molecular weight is 1320 g/mol. The van der Waals surface area contributed by atoms with Crippen molar-refractivity contribution in [3.05, 3.63) is 289 Å². The molecule has 1 aromatic heterocycles. The average Bonchev–Trinajstić information content (AvgIpc) is 1.23. The van der Waals surface area contributed by atoms with Crippen molar-refractivity contribution in [2.75, 3.05) is 14.7 Å². The molecule has 100 heavy (non-hydrogen) atoms. The molecule has 13 aromatic carbocycles. The molecule has 0 atom stereocenters. The summed E-state index contributed by atoms with van der Waals surface area (Å²) in [5, 5.41) is 8.85. The van der Waals surface area contributed by atoms with E-state index in [1.165, 1.54) is 125 Å². The first-order valence-electron chi connectivity index (χ1n) is 36.1. The zero-order valence-corrected chi connectivity index (χ0v) is 61.7. The van der Waals surface area contributed by atoms with E-state index in [2.05, 4.69) is 379 Å². The van der Waals surface area contributed by atoms with Gasteiger partial charge in [-0.15, -0.1) is 11.3 Å². The van der Waals surface area contributed by atoms with Gasteiger partial charge in [0.05, 0.1) is 17.1 Å². The van der Waals surface area contributed by atoms with Gasteiger partial charge in [-0.3, -0.25) is 0 Å². The molecule has 3 heterocycles. The maximum Gasteiger partial charge on any atom is 0.264 e. The van der Waals surface area contributed by atoms with Crippen LogP contribution in [0.1, 0.15) is 138 Å². The molecular weight excluding hydrogens is 1230 g/mol. The summed E-state index contributed by atoms with van der Waals surface area (Å²) in [5.74, 6) is 0. The zero-order chi connectivity index (χ0) is 69.5. The summed E-state index contributed by atoms with van der Waals surface area (Å²) in [6, 6.07) is 101. The molecule has 0 amide bonds. The van der Waals surface area contributed by atoms with E-state index < -0.39 is 0 Å². The van der Waals surface area contributed by atoms with Gasteiger partial charge in [0.15, 0.2) is 0 Å². The van der Waals surface area contributed by atoms with Crippen molar-refractivity contribution >= 4 is 127 Å². The van der Waals surface area contributed by atoms with E-state index in [9.17, 15) is 0 Å². The molecule has 16 rings (SSSR count). The molecule has 3 nitrogen and oxygen atoms in total. The Hall–Kier alpha value is -9.94. The van der Waals surface area contributed by atoms with Gasteiger partial charge < -0.3 is 14.7 Å². The Labute approximate surface area is 597 Å². The fourth-order valence-corrected chi connectivity index (χ4v) is 17.1. The number of thiophene rings is 1. The first kappa shape index (κ1) is 64.7. The molecule has 5 heteroatoms. The van der Waals surface area contributed by atoms with Crippen LogP contribution in [-0.2, 0) is 27.1 Å². The smallest absolute Gasteiger partial charge is 0.264 e. The van der Waals surface area contributed by atoms with E-state index in [-0.39, 0.29) is 33.8 Å². The maximum atomic E-state index is 2.72. The molecule has 0 N–H and O–H groups in total. The van der Waals surface area contributed by atoms with E-state index in [0.29, 0.717) is 0 Å². The Balaban J connectivity index is 1.09. The fraction of sp³-hybridized carbons (Fsp3) is 0.221. The molecule has 2 aliphatic heterocycles. The first-order chi connectivity index (χ1) is 47.8. The van der Waals surface area contributed by atoms with Crippen molar-refractivity contribution in [1.29, 1.82) is 0 Å². The lowest BCUT2D eigenvalue weighted by Crippen LogP contribution is -2.60. The van der Waals surface area contributed by atoms with Crippen molar-refractivity contribution in [1.82, 2.24) is 0 Å². The Morgan fingerprint density at radius 2 is 0.780 bits per heavy atom. The highest BCUT2D eigenvalue weighted by molar-refractivity contribution is 7.33. The summed E-state index contributed by atoms with van der Waals surface area (Å²) in [6.45, 7) is 34.9. The summed E-state index contributed by atoms with van der Waals surface area (Å²) in [7, 11) is 0. The third kappa shape index (κ3) is 11.0. The third-order valence-corrected chi connectivity index (χ3v) is 23.2. The Bertz CT molecular complexity index is 5440. The molecule has 494 valence electrons. The predicted octanol–water partition coefficient (Wildman–Crippen LogP) is 25.8. The minimum Gasteiger partial charge on any atom is -0.311 e. The van der Waals surface area contributed by atoms with Crippen molar-refractivity contribution in [3.8, 4) is 33.4 Å². The number of rotatable bonds is 10. The lowest BCUT2D eigenvalue weighted by molar-refractivity contribution is 0.506. The molecule has 0 bridgehead atoms. The monoisotopic (exact) mass is 1320 g/mol. The molecular formula is C95H90BN3S. The topological polar surface area (TPSA) is 9.72 Å². The van der Waals surface area contributed by atoms with Gasteiger partial charge in [-0.2, -0.15) is 0 Å². The molecule has 0 spiro atoms. The molecule has 0 unspecified atom stereocenters. The minimum absolute atomic E-state index is 0.00698. The lowest BCUT2D eigenvalue weighted by Gasteiger charge is -2.45. The SMILES string of the molecule is CCC(C)(C)c1ccc(N2c3cc(N(c4ccccc4)c4ccccc4)cc4c3B(c3cc(-c5ccc(C(C)(C)C)cc5)c(-c5ccc(C(C)(C)C)cc5)cc3N4c3ccc(C(C)(C)C)cc3-c3ccc4c5ccccc5c5ccccc5c4c3)c3sc4ccc(C(C)(C)C)cc4c32)cc1. The number of hydrogen-bond donors (Lipinski definition) is 0. The Kier molecular flexibility index (Phi) is 15.5. The van der Waals surface area contributed by atoms with Crippen LogP contribution in [0.15, 0.2) is 261 Å². The van der Waals surface area contributed by atoms with Crippen LogP contribution in [0.5, 0.6) is 0 Å². The fourth-order valence-electron chi connectivity index (χ4n) is 15.8. The molecule has 0 saturated heterocycles. The van der Waals surface area contributed by atoms with E-state index >= 15 is 0 Å². The highest BCUT2D eigenvalue weighted by Crippen LogP contribution is 2.55. The number of fused-ring (bicyclic) bond motifs is 12. The molecule has 14 aromatic rings. The van der Waals surface area contributed by atoms with Crippen LogP contribution < -0.4 is 30.4 Å². The summed E-state index contributed by atoms with van der Waals surface area (Å²) in [4.78, 5) is 7.88. The van der Waals surface area contributed by atoms with Gasteiger partial charge in [-0.05, 0) is 217 Å². The van der Waals surface area contributed by atoms with Crippen LogP contribution in [-0.4, -0.2) is 6.71 Å². The van der Waals surface area contributed by atoms with Crippen LogP contribution in [0, 0.1) is 0 Å². The molecule has 0 aliphatic carbocycles. The summed E-state index contributed by atoms with van der Waals surface area (Å²) in [5.41, 5.74) is 26.2. The second-order valence-corrected chi connectivity index (χ2v) is 34.1. The quantitative estimate of drug-likeness (QED) is 0.0998. The minimum atomic E-state index is -0.185. The normalized spacial score (nSPS) is 13.3. The van der Waals surface area contributed by atoms with Gasteiger partial charge in [-0.25, -0.2) is 0 Å². The van der Waals surface area contributed by atoms with Gasteiger partial charge in [0, 0.05) is 54.6 Å². The van der Waals surface area contributed by atoms with E-state index in [0.717, 1.165) is 51.9 Å². The zero-order valence-electron chi connectivity index (χ0n) is 60.9. The lowest BCUT2D eigenvalue weighted by atomic mass is 9.36. The molecule has 2 aliphatic rings. The highest BCUT2D eigenvalue weighted by atomic mass is 32.1. The molecule has 0 fully saturated rings. The number of nitrogens with zero attached hydrogens (tertiary/aromatic N) is 3. The highest BCUT2D eigenvalue weighted by Gasteiger charge is 2.47. The summed E-state index contributed by atoms with van der Waals surface area (Å²) >= 11 is 1.98. The number of anilines is 9. The van der Waals surface area contributed by atoms with Crippen LogP contribution in [0.25, 0.3) is 75.8 Å². The molecule has 0 radical (unpaired) electrons. The van der Waals surface area contributed by atoms with Gasteiger partial charge in [-0.1, -0.05) is 280 Å². The van der Waals surface area contributed by atoms with Crippen molar-refractivity contribution in [2.45, 2.75) is 137 Å². The Morgan fingerprint density at radius 3 is 1.31 bits per heavy atom. The maximum absolute atomic E-state index is 2.72. The van der Waals surface area contributed by atoms with Crippen molar-refractivity contribution in [3.63, 3.8) is 0 Å². The van der Waals surface area contributed by atoms with E-state index in [1.54, 1.807) is 0 Å². The second-order valence-electron chi connectivity index (χ2n) is 33.0. The van der Waals surface area contributed by atoms with Gasteiger partial charge in [0.1, 0.15) is 0 Å². The standard InChI is InChI=1S/C95H90BN3S/c1-16-95(14,15)65-44-48-70(49-45-65)98-85-56-71(97(68-27-19-17-20-28-68)69-29-21-18-22-30-69)57-86-88(85)96(90-89(98)81-55-67(94(11,12)13)47-52-87(81)100-90)82-58-77(60-35-40-63(41-36-60)91(2,3)4)78(61-37-42-64(43-38-61)92(5,6)7)59-84(82)99(86)83-51-46-66(93(8,9)10)54-79(83)62-39-50-76-74-33-24-23-31-72(74)73-32-25-26-34-75(73)80(76)53-62/h17-59H,16H2,1-15H3. The largest absolute Gasteiger partial charge is 0.311 e.